The first kappa shape index (κ1) is 15.3. The third-order valence-electron chi connectivity index (χ3n) is 5.23. The maximum Gasteiger partial charge on any atom is 0.251 e. The smallest absolute Gasteiger partial charge is 0.251 e. The van der Waals surface area contributed by atoms with Crippen LogP contribution in [0.4, 0.5) is 0 Å². The third-order valence-corrected chi connectivity index (χ3v) is 5.23. The summed E-state index contributed by atoms with van der Waals surface area (Å²) in [7, 11) is 0. The van der Waals surface area contributed by atoms with Gasteiger partial charge in [0.2, 0.25) is 0 Å². The Hall–Kier alpha value is -2.25. The number of piperidine rings is 1. The van der Waals surface area contributed by atoms with Crippen LogP contribution in [0.3, 0.4) is 0 Å². The van der Waals surface area contributed by atoms with E-state index >= 15 is 0 Å². The van der Waals surface area contributed by atoms with Crippen LogP contribution in [0.15, 0.2) is 28.9 Å². The molecule has 4 heteroatoms. The van der Waals surface area contributed by atoms with Crippen LogP contribution in [0.2, 0.25) is 0 Å². The highest BCUT2D eigenvalue weighted by atomic mass is 16.3. The molecule has 0 aliphatic carbocycles. The number of nitrogens with one attached hydrogen (secondary N) is 1. The van der Waals surface area contributed by atoms with Crippen LogP contribution < -0.4 is 5.32 Å². The fourth-order valence-corrected chi connectivity index (χ4v) is 3.97. The van der Waals surface area contributed by atoms with E-state index in [1.165, 1.54) is 25.9 Å². The lowest BCUT2D eigenvalue weighted by molar-refractivity contribution is 0.0929. The summed E-state index contributed by atoms with van der Waals surface area (Å²) in [5.41, 5.74) is 2.28. The molecule has 0 radical (unpaired) electrons. The van der Waals surface area contributed by atoms with Gasteiger partial charge in [0.05, 0.1) is 5.56 Å². The molecule has 1 N–H and O–H groups in total. The topological polar surface area (TPSA) is 45.5 Å². The van der Waals surface area contributed by atoms with E-state index in [0.717, 1.165) is 35.4 Å². The quantitative estimate of drug-likeness (QED) is 0.865. The van der Waals surface area contributed by atoms with E-state index < -0.39 is 0 Å². The predicted octanol–water partition coefficient (Wildman–Crippen LogP) is 3.02. The lowest BCUT2D eigenvalue weighted by atomic mass is 9.94. The number of hydrogen-bond donors (Lipinski definition) is 1. The van der Waals surface area contributed by atoms with Crippen molar-refractivity contribution in [3.05, 3.63) is 35.6 Å². The zero-order valence-corrected chi connectivity index (χ0v) is 14.0. The van der Waals surface area contributed by atoms with Gasteiger partial charge >= 0.3 is 0 Å². The summed E-state index contributed by atoms with van der Waals surface area (Å²) >= 11 is 0. The van der Waals surface area contributed by atoms with Crippen LogP contribution in [-0.2, 0) is 0 Å². The molecule has 124 valence electrons. The summed E-state index contributed by atoms with van der Waals surface area (Å²) < 4.78 is 5.50. The molecule has 0 saturated carbocycles. The number of amides is 1. The second-order valence-electron chi connectivity index (χ2n) is 6.89. The number of nitrogens with zero attached hydrogens (tertiary/aromatic N) is 1. The molecule has 2 aromatic rings. The van der Waals surface area contributed by atoms with Crippen molar-refractivity contribution >= 4 is 16.9 Å². The molecule has 1 aromatic heterocycles. The highest BCUT2D eigenvalue weighted by molar-refractivity contribution is 5.99. The van der Waals surface area contributed by atoms with Crippen LogP contribution in [-0.4, -0.2) is 36.5 Å². The maximum atomic E-state index is 12.7. The molecule has 1 aromatic carbocycles. The van der Waals surface area contributed by atoms with Gasteiger partial charge in [-0.25, -0.2) is 0 Å². The summed E-state index contributed by atoms with van der Waals surface area (Å²) in [5, 5.41) is 4.14. The van der Waals surface area contributed by atoms with Crippen molar-refractivity contribution in [2.75, 3.05) is 19.6 Å². The molecule has 3 saturated heterocycles. The lowest BCUT2D eigenvalue weighted by Gasteiger charge is -2.26. The minimum Gasteiger partial charge on any atom is -0.463 e. The first-order valence-electron chi connectivity index (χ1n) is 8.70. The van der Waals surface area contributed by atoms with E-state index in [9.17, 15) is 4.79 Å². The highest BCUT2D eigenvalue weighted by Gasteiger charge is 2.30. The van der Waals surface area contributed by atoms with Gasteiger partial charge in [-0.05, 0) is 63.4 Å². The summed E-state index contributed by atoms with van der Waals surface area (Å²) in [4.78, 5) is 15.2. The standard InChI is InChI=1S/C20H22N2O2/c1-2-3-16-13-24-19-5-4-15(11-18(16)19)20(23)21-17-10-14-6-8-22(12-17)9-7-14/h4-5,11,13-14,17H,6-10,12H2,1H3,(H,21,23)/t17-/m1/s1. The van der Waals surface area contributed by atoms with Crippen molar-refractivity contribution in [1.82, 2.24) is 10.2 Å². The van der Waals surface area contributed by atoms with Gasteiger partial charge in [-0.1, -0.05) is 5.92 Å². The molecule has 2 bridgehead atoms. The maximum absolute atomic E-state index is 12.7. The summed E-state index contributed by atoms with van der Waals surface area (Å²) in [6.45, 7) is 5.13. The summed E-state index contributed by atoms with van der Waals surface area (Å²) in [5.74, 6) is 6.67. The van der Waals surface area contributed by atoms with Crippen LogP contribution >= 0.6 is 0 Å². The van der Waals surface area contributed by atoms with Crippen LogP contribution in [0.1, 0.15) is 42.1 Å². The van der Waals surface area contributed by atoms with Crippen molar-refractivity contribution in [3.8, 4) is 11.8 Å². The molecule has 4 nitrogen and oxygen atoms in total. The fourth-order valence-electron chi connectivity index (χ4n) is 3.97. The Balaban J connectivity index is 1.54. The van der Waals surface area contributed by atoms with E-state index in [1.54, 1.807) is 13.2 Å². The normalized spacial score (nSPS) is 25.8. The fraction of sp³-hybridized carbons (Fsp3) is 0.450. The minimum absolute atomic E-state index is 0.000933. The van der Waals surface area contributed by atoms with Crippen molar-refractivity contribution in [2.24, 2.45) is 5.92 Å². The van der Waals surface area contributed by atoms with Crippen LogP contribution in [0.5, 0.6) is 0 Å². The zero-order valence-electron chi connectivity index (χ0n) is 14.0. The molecule has 3 aliphatic heterocycles. The van der Waals surface area contributed by atoms with Gasteiger partial charge in [0.25, 0.3) is 5.91 Å². The third kappa shape index (κ3) is 2.92. The van der Waals surface area contributed by atoms with Crippen molar-refractivity contribution < 1.29 is 9.21 Å². The van der Waals surface area contributed by atoms with Gasteiger partial charge in [-0.15, -0.1) is 5.92 Å². The predicted molar refractivity (Wildman–Crippen MR) is 93.8 cm³/mol. The molecule has 5 rings (SSSR count). The first-order valence-corrected chi connectivity index (χ1v) is 8.70. The number of hydrogen-bond acceptors (Lipinski definition) is 3. The first-order chi connectivity index (χ1) is 11.7. The number of carbonyl (C=O) groups is 1. The molecular weight excluding hydrogens is 300 g/mol. The van der Waals surface area contributed by atoms with E-state index in [2.05, 4.69) is 22.1 Å². The number of carbonyl (C=O) groups excluding carboxylic acids is 1. The molecule has 0 spiro atoms. The Morgan fingerprint density at radius 1 is 1.33 bits per heavy atom. The number of benzene rings is 1. The van der Waals surface area contributed by atoms with Gasteiger partial charge in [-0.3, -0.25) is 4.79 Å². The average Bonchev–Trinajstić information content (AvgIpc) is 2.76. The van der Waals surface area contributed by atoms with Gasteiger partial charge in [-0.2, -0.15) is 0 Å². The van der Waals surface area contributed by atoms with E-state index in [4.69, 9.17) is 4.42 Å². The molecule has 1 amide bonds. The zero-order chi connectivity index (χ0) is 16.5. The van der Waals surface area contributed by atoms with E-state index in [1.807, 2.05) is 18.2 Å². The van der Waals surface area contributed by atoms with E-state index in [-0.39, 0.29) is 11.9 Å². The highest BCUT2D eigenvalue weighted by Crippen LogP contribution is 2.27. The minimum atomic E-state index is 0.000933. The Morgan fingerprint density at radius 2 is 2.17 bits per heavy atom. The number of fused-ring (bicyclic) bond motifs is 5. The van der Waals surface area contributed by atoms with Gasteiger partial charge in [0.1, 0.15) is 11.8 Å². The molecular formula is C20H22N2O2. The van der Waals surface area contributed by atoms with Crippen LogP contribution in [0.25, 0.3) is 11.0 Å². The van der Waals surface area contributed by atoms with Crippen molar-refractivity contribution in [1.29, 1.82) is 0 Å². The van der Waals surface area contributed by atoms with E-state index in [0.29, 0.717) is 5.56 Å². The second-order valence-corrected chi connectivity index (χ2v) is 6.89. The van der Waals surface area contributed by atoms with Crippen molar-refractivity contribution in [2.45, 2.75) is 32.2 Å². The second kappa shape index (κ2) is 6.33. The molecule has 1 atom stereocenters. The summed E-state index contributed by atoms with van der Waals surface area (Å²) in [6.07, 6.45) is 5.29. The molecule has 24 heavy (non-hydrogen) atoms. The number of rotatable bonds is 2. The summed E-state index contributed by atoms with van der Waals surface area (Å²) in [6, 6.07) is 5.82. The van der Waals surface area contributed by atoms with Gasteiger partial charge in [0.15, 0.2) is 0 Å². The largest absolute Gasteiger partial charge is 0.463 e. The Labute approximate surface area is 142 Å². The lowest BCUT2D eigenvalue weighted by Crippen LogP contribution is -2.41. The number of furan rings is 1. The van der Waals surface area contributed by atoms with Crippen LogP contribution in [0, 0.1) is 17.8 Å². The molecule has 3 fully saturated rings. The monoisotopic (exact) mass is 322 g/mol. The van der Waals surface area contributed by atoms with Gasteiger partial charge < -0.3 is 14.6 Å². The molecule has 4 heterocycles. The Morgan fingerprint density at radius 3 is 2.96 bits per heavy atom. The molecule has 3 aliphatic rings. The molecule has 0 unspecified atom stereocenters. The average molecular weight is 322 g/mol. The Kier molecular flexibility index (Phi) is 4.03. The van der Waals surface area contributed by atoms with Crippen molar-refractivity contribution in [3.63, 3.8) is 0 Å². The SMILES string of the molecule is CC#Cc1coc2ccc(C(=O)N[C@@H]3CC4CCN(CC4)C3)cc12. The Bertz CT molecular complexity index is 805. The van der Waals surface area contributed by atoms with Gasteiger partial charge in [0, 0.05) is 23.5 Å².